The topological polar surface area (TPSA) is 66.9 Å². The number of benzene rings is 1. The van der Waals surface area contributed by atoms with Crippen molar-refractivity contribution in [3.8, 4) is 0 Å². The highest BCUT2D eigenvalue weighted by atomic mass is 16.1. The zero-order valence-corrected chi connectivity index (χ0v) is 10.4. The first-order chi connectivity index (χ1) is 9.33. The van der Waals surface area contributed by atoms with Crippen molar-refractivity contribution in [3.63, 3.8) is 0 Å². The lowest BCUT2D eigenvalue weighted by atomic mass is 10.0. The number of carbonyl (C=O) groups excluding carboxylic acids is 1. The molecule has 0 aliphatic carbocycles. The highest BCUT2D eigenvalue weighted by Gasteiger charge is 2.13. The first-order valence-electron chi connectivity index (χ1n) is 6.28. The van der Waals surface area contributed by atoms with Crippen molar-refractivity contribution >= 4 is 17.5 Å². The lowest BCUT2D eigenvalue weighted by Gasteiger charge is -2.18. The molecule has 0 bridgehead atoms. The van der Waals surface area contributed by atoms with Crippen LogP contribution in [0.4, 0.5) is 11.6 Å². The summed E-state index contributed by atoms with van der Waals surface area (Å²) in [5.41, 5.74) is 2.95. The number of aryl methyl sites for hydroxylation is 1. The van der Waals surface area contributed by atoms with Gasteiger partial charge < -0.3 is 5.32 Å². The summed E-state index contributed by atoms with van der Waals surface area (Å²) >= 11 is 0. The fourth-order valence-corrected chi connectivity index (χ4v) is 2.15. The molecule has 3 rings (SSSR count). The van der Waals surface area contributed by atoms with Crippen LogP contribution in [0, 0.1) is 0 Å². The summed E-state index contributed by atoms with van der Waals surface area (Å²) in [4.78, 5) is 20.0. The maximum atomic E-state index is 12.1. The summed E-state index contributed by atoms with van der Waals surface area (Å²) in [6, 6.07) is 7.41. The lowest BCUT2D eigenvalue weighted by Crippen LogP contribution is -2.16. The number of amides is 1. The Morgan fingerprint density at radius 1 is 1.26 bits per heavy atom. The Hall–Kier alpha value is -2.43. The van der Waals surface area contributed by atoms with Gasteiger partial charge in [0.05, 0.1) is 0 Å². The molecule has 1 aliphatic heterocycles. The zero-order valence-electron chi connectivity index (χ0n) is 10.4. The summed E-state index contributed by atoms with van der Waals surface area (Å²) in [5, 5.41) is 6.01. The molecule has 2 aromatic rings. The Balaban J connectivity index is 1.80. The van der Waals surface area contributed by atoms with Gasteiger partial charge in [-0.3, -0.25) is 10.1 Å². The summed E-state index contributed by atoms with van der Waals surface area (Å²) in [6.45, 7) is 0.996. The second kappa shape index (κ2) is 5.06. The number of hydrogen-bond donors (Lipinski definition) is 2. The number of nitrogens with zero attached hydrogens (tertiary/aromatic N) is 2. The van der Waals surface area contributed by atoms with E-state index in [2.05, 4.69) is 20.6 Å². The van der Waals surface area contributed by atoms with Gasteiger partial charge in [-0.1, -0.05) is 0 Å². The minimum atomic E-state index is -0.181. The van der Waals surface area contributed by atoms with E-state index in [1.165, 1.54) is 5.56 Å². The van der Waals surface area contributed by atoms with E-state index >= 15 is 0 Å². The van der Waals surface area contributed by atoms with E-state index in [9.17, 15) is 4.79 Å². The highest BCUT2D eigenvalue weighted by Crippen LogP contribution is 2.23. The van der Waals surface area contributed by atoms with Crippen molar-refractivity contribution in [2.24, 2.45) is 0 Å². The van der Waals surface area contributed by atoms with Crippen molar-refractivity contribution in [2.75, 3.05) is 17.2 Å². The fraction of sp³-hybridized carbons (Fsp3) is 0.214. The van der Waals surface area contributed by atoms with Gasteiger partial charge >= 0.3 is 0 Å². The third-order valence-corrected chi connectivity index (χ3v) is 3.10. The molecule has 5 nitrogen and oxygen atoms in total. The number of nitrogens with one attached hydrogen (secondary N) is 2. The Labute approximate surface area is 111 Å². The first-order valence-corrected chi connectivity index (χ1v) is 6.28. The average molecular weight is 254 g/mol. The molecule has 2 N–H and O–H groups in total. The second-order valence-corrected chi connectivity index (χ2v) is 4.43. The molecule has 1 aromatic carbocycles. The average Bonchev–Trinajstić information content (AvgIpc) is 2.48. The molecule has 19 heavy (non-hydrogen) atoms. The molecule has 0 fully saturated rings. The Kier molecular flexibility index (Phi) is 3.10. The summed E-state index contributed by atoms with van der Waals surface area (Å²) in [5.74, 6) is 0.142. The molecule has 0 unspecified atom stereocenters. The van der Waals surface area contributed by atoms with Crippen LogP contribution in [0.15, 0.2) is 36.7 Å². The van der Waals surface area contributed by atoms with E-state index in [1.54, 1.807) is 18.5 Å². The van der Waals surface area contributed by atoms with E-state index in [0.717, 1.165) is 25.1 Å². The number of hydrogen-bond acceptors (Lipinski definition) is 4. The van der Waals surface area contributed by atoms with Gasteiger partial charge in [-0.15, -0.1) is 0 Å². The third-order valence-electron chi connectivity index (χ3n) is 3.10. The van der Waals surface area contributed by atoms with Gasteiger partial charge in [0.15, 0.2) is 0 Å². The van der Waals surface area contributed by atoms with E-state index in [1.807, 2.05) is 18.2 Å². The number of fused-ring (bicyclic) bond motifs is 1. The molecule has 0 spiro atoms. The number of rotatable bonds is 2. The lowest BCUT2D eigenvalue weighted by molar-refractivity contribution is 0.102. The maximum absolute atomic E-state index is 12.1. The van der Waals surface area contributed by atoms with Gasteiger partial charge in [0.25, 0.3) is 5.91 Å². The SMILES string of the molecule is O=C(Nc1ncccn1)c1ccc2c(c1)CCCN2. The quantitative estimate of drug-likeness (QED) is 0.861. The van der Waals surface area contributed by atoms with E-state index < -0.39 is 0 Å². The molecule has 0 saturated heterocycles. The molecule has 1 aromatic heterocycles. The first kappa shape index (κ1) is 11.6. The molecular formula is C14H14N4O. The minimum Gasteiger partial charge on any atom is -0.385 e. The van der Waals surface area contributed by atoms with Crippen molar-refractivity contribution in [1.82, 2.24) is 9.97 Å². The van der Waals surface area contributed by atoms with E-state index in [-0.39, 0.29) is 5.91 Å². The van der Waals surface area contributed by atoms with Crippen LogP contribution in [-0.4, -0.2) is 22.4 Å². The monoisotopic (exact) mass is 254 g/mol. The van der Waals surface area contributed by atoms with Gasteiger partial charge in [0.1, 0.15) is 0 Å². The maximum Gasteiger partial charge on any atom is 0.258 e. The van der Waals surface area contributed by atoms with Crippen LogP contribution in [0.2, 0.25) is 0 Å². The standard InChI is InChI=1S/C14H14N4O/c19-13(18-14-16-7-2-8-17-14)11-4-5-12-10(9-11)3-1-6-15-12/h2,4-5,7-9,15H,1,3,6H2,(H,16,17,18,19). The van der Waals surface area contributed by atoms with Gasteiger partial charge in [-0.2, -0.15) is 0 Å². The third kappa shape index (κ3) is 2.54. The normalized spacial score (nSPS) is 13.3. The summed E-state index contributed by atoms with van der Waals surface area (Å²) in [7, 11) is 0. The second-order valence-electron chi connectivity index (χ2n) is 4.43. The molecule has 96 valence electrons. The minimum absolute atomic E-state index is 0.181. The van der Waals surface area contributed by atoms with Crippen LogP contribution in [0.3, 0.4) is 0 Å². The van der Waals surface area contributed by atoms with Gasteiger partial charge in [0, 0.05) is 30.2 Å². The molecule has 1 amide bonds. The molecular weight excluding hydrogens is 240 g/mol. The van der Waals surface area contributed by atoms with E-state index in [4.69, 9.17) is 0 Å². The van der Waals surface area contributed by atoms with Crippen LogP contribution in [-0.2, 0) is 6.42 Å². The highest BCUT2D eigenvalue weighted by molar-refractivity contribution is 6.03. The van der Waals surface area contributed by atoms with Crippen molar-refractivity contribution in [2.45, 2.75) is 12.8 Å². The predicted molar refractivity (Wildman–Crippen MR) is 73.2 cm³/mol. The van der Waals surface area contributed by atoms with Crippen molar-refractivity contribution in [1.29, 1.82) is 0 Å². The smallest absolute Gasteiger partial charge is 0.258 e. The van der Waals surface area contributed by atoms with Crippen LogP contribution >= 0.6 is 0 Å². The summed E-state index contributed by atoms with van der Waals surface area (Å²) < 4.78 is 0. The number of aromatic nitrogens is 2. The zero-order chi connectivity index (χ0) is 13.1. The molecule has 5 heteroatoms. The molecule has 0 atom stereocenters. The Bertz CT molecular complexity index is 598. The molecule has 2 heterocycles. The van der Waals surface area contributed by atoms with Crippen LogP contribution < -0.4 is 10.6 Å². The molecule has 0 saturated carbocycles. The predicted octanol–water partition coefficient (Wildman–Crippen LogP) is 2.09. The van der Waals surface area contributed by atoms with Crippen molar-refractivity contribution < 1.29 is 4.79 Å². The Morgan fingerprint density at radius 3 is 2.95 bits per heavy atom. The van der Waals surface area contributed by atoms with Crippen LogP contribution in [0.1, 0.15) is 22.3 Å². The molecule has 1 aliphatic rings. The number of anilines is 2. The van der Waals surface area contributed by atoms with E-state index in [0.29, 0.717) is 11.5 Å². The van der Waals surface area contributed by atoms with Crippen LogP contribution in [0.25, 0.3) is 0 Å². The Morgan fingerprint density at radius 2 is 2.11 bits per heavy atom. The van der Waals surface area contributed by atoms with Gasteiger partial charge in [0.2, 0.25) is 5.95 Å². The van der Waals surface area contributed by atoms with Gasteiger partial charge in [-0.25, -0.2) is 9.97 Å². The molecule has 0 radical (unpaired) electrons. The van der Waals surface area contributed by atoms with Crippen molar-refractivity contribution in [3.05, 3.63) is 47.8 Å². The van der Waals surface area contributed by atoms with Crippen LogP contribution in [0.5, 0.6) is 0 Å². The summed E-state index contributed by atoms with van der Waals surface area (Å²) in [6.07, 6.45) is 5.30. The largest absolute Gasteiger partial charge is 0.385 e. The van der Waals surface area contributed by atoms with Gasteiger partial charge in [-0.05, 0) is 42.7 Å². The number of carbonyl (C=O) groups is 1. The fourth-order valence-electron chi connectivity index (χ4n) is 2.15.